The molecule has 4 heteroatoms. The molecule has 1 aromatic carbocycles. The molecule has 0 radical (unpaired) electrons. The van der Waals surface area contributed by atoms with Gasteiger partial charge in [0.2, 0.25) is 0 Å². The van der Waals surface area contributed by atoms with Crippen LogP contribution in [0, 0.1) is 0 Å². The van der Waals surface area contributed by atoms with E-state index in [0.29, 0.717) is 6.61 Å². The molecule has 2 rings (SSSR count). The summed E-state index contributed by atoms with van der Waals surface area (Å²) in [5.41, 5.74) is 1.95. The predicted molar refractivity (Wildman–Crippen MR) is 71.5 cm³/mol. The Kier molecular flexibility index (Phi) is 4.33. The maximum absolute atomic E-state index is 12.0. The van der Waals surface area contributed by atoms with Crippen LogP contribution in [0.3, 0.4) is 0 Å². The Labute approximate surface area is 108 Å². The van der Waals surface area contributed by atoms with E-state index < -0.39 is 0 Å². The molecule has 0 spiro atoms. The molecule has 1 fully saturated rings. The third-order valence-corrected chi connectivity index (χ3v) is 3.34. The van der Waals surface area contributed by atoms with E-state index in [-0.39, 0.29) is 18.1 Å². The van der Waals surface area contributed by atoms with Crippen molar-refractivity contribution in [3.05, 3.63) is 29.8 Å². The maximum atomic E-state index is 12.0. The van der Waals surface area contributed by atoms with Gasteiger partial charge in [0.25, 0.3) is 5.91 Å². The van der Waals surface area contributed by atoms with Gasteiger partial charge in [-0.1, -0.05) is 18.2 Å². The maximum Gasteiger partial charge on any atom is 0.253 e. The van der Waals surface area contributed by atoms with Gasteiger partial charge >= 0.3 is 0 Å². The Morgan fingerprint density at radius 3 is 2.89 bits per heavy atom. The molecule has 1 heterocycles. The number of hydrogen-bond acceptors (Lipinski definition) is 3. The highest BCUT2D eigenvalue weighted by Gasteiger charge is 2.24. The monoisotopic (exact) mass is 248 g/mol. The Bertz CT molecular complexity index is 414. The number of ether oxygens (including phenoxy) is 1. The molecule has 0 saturated carbocycles. The van der Waals surface area contributed by atoms with Crippen molar-refractivity contribution >= 4 is 11.6 Å². The van der Waals surface area contributed by atoms with Crippen LogP contribution in [0.15, 0.2) is 24.3 Å². The molecule has 1 aliphatic heterocycles. The van der Waals surface area contributed by atoms with E-state index in [9.17, 15) is 4.79 Å². The molecule has 1 aromatic rings. The van der Waals surface area contributed by atoms with Crippen LogP contribution in [-0.4, -0.2) is 25.7 Å². The number of rotatable bonds is 4. The van der Waals surface area contributed by atoms with Crippen molar-refractivity contribution in [1.82, 2.24) is 5.32 Å². The average Bonchev–Trinajstić information content (AvgIpc) is 2.92. The lowest BCUT2D eigenvalue weighted by atomic mass is 10.1. The lowest BCUT2D eigenvalue weighted by molar-refractivity contribution is -0.124. The van der Waals surface area contributed by atoms with Crippen molar-refractivity contribution in [2.24, 2.45) is 0 Å². The van der Waals surface area contributed by atoms with Crippen LogP contribution in [-0.2, 0) is 9.53 Å². The Balaban J connectivity index is 2.10. The second-order valence-electron chi connectivity index (χ2n) is 4.59. The van der Waals surface area contributed by atoms with Gasteiger partial charge in [-0.15, -0.1) is 0 Å². The summed E-state index contributed by atoms with van der Waals surface area (Å²) < 4.78 is 5.39. The fourth-order valence-electron chi connectivity index (χ4n) is 2.14. The third-order valence-electron chi connectivity index (χ3n) is 3.34. The molecular formula is C14H20N2O2. The first-order valence-electron chi connectivity index (χ1n) is 6.41. The molecule has 18 heavy (non-hydrogen) atoms. The van der Waals surface area contributed by atoms with Crippen molar-refractivity contribution in [2.45, 2.75) is 31.9 Å². The normalized spacial score (nSPS) is 20.7. The van der Waals surface area contributed by atoms with Crippen LogP contribution < -0.4 is 10.6 Å². The zero-order chi connectivity index (χ0) is 13.0. The van der Waals surface area contributed by atoms with Crippen molar-refractivity contribution in [3.8, 4) is 0 Å². The molecule has 0 bridgehead atoms. The van der Waals surface area contributed by atoms with Crippen LogP contribution in [0.2, 0.25) is 0 Å². The number of nitrogens with one attached hydrogen (secondary N) is 2. The second-order valence-corrected chi connectivity index (χ2v) is 4.59. The summed E-state index contributed by atoms with van der Waals surface area (Å²) in [6.45, 7) is 2.75. The number of carbonyl (C=O) groups excluding carboxylic acids is 1. The molecule has 2 unspecified atom stereocenters. The van der Waals surface area contributed by atoms with Crippen LogP contribution >= 0.6 is 0 Å². The molecular weight excluding hydrogens is 228 g/mol. The lowest BCUT2D eigenvalue weighted by Crippen LogP contribution is -2.28. The summed E-state index contributed by atoms with van der Waals surface area (Å²) in [6, 6.07) is 8.05. The molecule has 1 amide bonds. The quantitative estimate of drug-likeness (QED) is 0.857. The first kappa shape index (κ1) is 13.1. The molecule has 0 aliphatic carbocycles. The van der Waals surface area contributed by atoms with Crippen molar-refractivity contribution in [2.75, 3.05) is 19.0 Å². The molecule has 4 nitrogen and oxygen atoms in total. The first-order valence-corrected chi connectivity index (χ1v) is 6.41. The molecule has 2 atom stereocenters. The molecule has 2 N–H and O–H groups in total. The van der Waals surface area contributed by atoms with E-state index >= 15 is 0 Å². The molecule has 1 aliphatic rings. The highest BCUT2D eigenvalue weighted by molar-refractivity contribution is 5.95. The smallest absolute Gasteiger partial charge is 0.253 e. The van der Waals surface area contributed by atoms with Crippen LogP contribution in [0.1, 0.15) is 31.4 Å². The Morgan fingerprint density at radius 2 is 2.22 bits per heavy atom. The zero-order valence-electron chi connectivity index (χ0n) is 10.9. The average molecular weight is 248 g/mol. The largest absolute Gasteiger partial charge is 0.368 e. The summed E-state index contributed by atoms with van der Waals surface area (Å²) >= 11 is 0. The second kappa shape index (κ2) is 5.98. The molecule has 1 saturated heterocycles. The number of hydrogen-bond donors (Lipinski definition) is 2. The summed E-state index contributed by atoms with van der Waals surface area (Å²) in [4.78, 5) is 12.0. The highest BCUT2D eigenvalue weighted by Crippen LogP contribution is 2.23. The van der Waals surface area contributed by atoms with Gasteiger partial charge in [-0.3, -0.25) is 4.79 Å². The van der Waals surface area contributed by atoms with Gasteiger partial charge in [-0.25, -0.2) is 0 Å². The van der Waals surface area contributed by atoms with Gasteiger partial charge in [-0.2, -0.15) is 0 Å². The fourth-order valence-corrected chi connectivity index (χ4v) is 2.14. The van der Waals surface area contributed by atoms with Gasteiger partial charge < -0.3 is 15.4 Å². The van der Waals surface area contributed by atoms with E-state index in [2.05, 4.69) is 17.6 Å². The van der Waals surface area contributed by atoms with E-state index in [1.165, 1.54) is 0 Å². The van der Waals surface area contributed by atoms with Crippen LogP contribution in [0.5, 0.6) is 0 Å². The number of para-hydroxylation sites is 1. The van der Waals surface area contributed by atoms with Gasteiger partial charge in [-0.05, 0) is 38.4 Å². The van der Waals surface area contributed by atoms with E-state index in [1.54, 1.807) is 0 Å². The predicted octanol–water partition coefficient (Wildman–Crippen LogP) is 2.08. The summed E-state index contributed by atoms with van der Waals surface area (Å²) in [7, 11) is 1.91. The zero-order valence-corrected chi connectivity index (χ0v) is 10.9. The minimum Gasteiger partial charge on any atom is -0.368 e. The third kappa shape index (κ3) is 2.89. The van der Waals surface area contributed by atoms with Crippen LogP contribution in [0.25, 0.3) is 0 Å². The minimum absolute atomic E-state index is 0.0387. The number of carbonyl (C=O) groups is 1. The van der Waals surface area contributed by atoms with Crippen molar-refractivity contribution in [3.63, 3.8) is 0 Å². The number of benzene rings is 1. The first-order chi connectivity index (χ1) is 8.72. The van der Waals surface area contributed by atoms with E-state index in [1.807, 2.05) is 31.3 Å². The summed E-state index contributed by atoms with van der Waals surface area (Å²) in [5, 5.41) is 6.15. The topological polar surface area (TPSA) is 50.4 Å². The van der Waals surface area contributed by atoms with Gasteiger partial charge in [0.05, 0.1) is 0 Å². The summed E-state index contributed by atoms with van der Waals surface area (Å²) in [5.74, 6) is -0.0387. The highest BCUT2D eigenvalue weighted by atomic mass is 16.5. The van der Waals surface area contributed by atoms with Crippen molar-refractivity contribution < 1.29 is 9.53 Å². The fraction of sp³-hybridized carbons (Fsp3) is 0.500. The minimum atomic E-state index is -0.289. The Hall–Kier alpha value is -1.39. The van der Waals surface area contributed by atoms with Gasteiger partial charge in [0.15, 0.2) is 0 Å². The van der Waals surface area contributed by atoms with Crippen LogP contribution in [0.4, 0.5) is 5.69 Å². The SMILES string of the molecule is CNC(C)c1ccccc1NC(=O)C1CCCO1. The summed E-state index contributed by atoms with van der Waals surface area (Å²) in [6.07, 6.45) is 1.49. The Morgan fingerprint density at radius 1 is 1.44 bits per heavy atom. The molecule has 0 aromatic heterocycles. The van der Waals surface area contributed by atoms with Crippen molar-refractivity contribution in [1.29, 1.82) is 0 Å². The molecule has 98 valence electrons. The van der Waals surface area contributed by atoms with Gasteiger partial charge in [0, 0.05) is 18.3 Å². The van der Waals surface area contributed by atoms with Gasteiger partial charge in [0.1, 0.15) is 6.10 Å². The van der Waals surface area contributed by atoms with E-state index in [0.717, 1.165) is 24.1 Å². The standard InChI is InChI=1S/C14H20N2O2/c1-10(15-2)11-6-3-4-7-12(11)16-14(17)13-8-5-9-18-13/h3-4,6-7,10,13,15H,5,8-9H2,1-2H3,(H,16,17). The number of amides is 1. The lowest BCUT2D eigenvalue weighted by Gasteiger charge is -2.17. The number of anilines is 1. The van der Waals surface area contributed by atoms with E-state index in [4.69, 9.17) is 4.74 Å².